The molecule has 5 nitrogen and oxygen atoms in total. The fraction of sp³-hybridized carbons (Fsp3) is 0.400. The van der Waals surface area contributed by atoms with Crippen molar-refractivity contribution in [2.24, 2.45) is 5.84 Å². The molecule has 1 unspecified atom stereocenters. The minimum absolute atomic E-state index is 0.00690. The lowest BCUT2D eigenvalue weighted by Gasteiger charge is -2.19. The number of aromatic nitrogens is 2. The molecular weight excluding hydrogens is 252 g/mol. The smallest absolute Gasteiger partial charge is 0.123 e. The molecule has 0 aliphatic carbocycles. The Morgan fingerprint density at radius 1 is 1.40 bits per heavy atom. The Morgan fingerprint density at radius 3 is 2.80 bits per heavy atom. The van der Waals surface area contributed by atoms with E-state index in [1.807, 2.05) is 35.9 Å². The SMILES string of the molecule is CCn1nc(C)cc1CC(NN)c1ccccc1OC. The number of aryl methyl sites for hydroxylation is 2. The van der Waals surface area contributed by atoms with Crippen molar-refractivity contribution in [3.8, 4) is 5.75 Å². The molecule has 1 atom stereocenters. The zero-order chi connectivity index (χ0) is 14.5. The van der Waals surface area contributed by atoms with Crippen LogP contribution in [0.4, 0.5) is 0 Å². The molecule has 0 radical (unpaired) electrons. The second kappa shape index (κ2) is 6.54. The normalized spacial score (nSPS) is 12.4. The van der Waals surface area contributed by atoms with Crippen LogP contribution >= 0.6 is 0 Å². The predicted molar refractivity (Wildman–Crippen MR) is 79.4 cm³/mol. The molecule has 0 saturated heterocycles. The van der Waals surface area contributed by atoms with Gasteiger partial charge in [0.2, 0.25) is 0 Å². The summed E-state index contributed by atoms with van der Waals surface area (Å²) in [6.07, 6.45) is 0.769. The minimum Gasteiger partial charge on any atom is -0.496 e. The number of nitrogens with one attached hydrogen (secondary N) is 1. The first-order valence-electron chi connectivity index (χ1n) is 6.82. The highest BCUT2D eigenvalue weighted by Crippen LogP contribution is 2.27. The Bertz CT molecular complexity index is 565. The number of nitrogens with zero attached hydrogens (tertiary/aromatic N) is 2. The van der Waals surface area contributed by atoms with Gasteiger partial charge >= 0.3 is 0 Å². The summed E-state index contributed by atoms with van der Waals surface area (Å²) >= 11 is 0. The third-order valence-electron chi connectivity index (χ3n) is 3.41. The van der Waals surface area contributed by atoms with E-state index in [1.54, 1.807) is 7.11 Å². The monoisotopic (exact) mass is 274 g/mol. The maximum atomic E-state index is 5.74. The fourth-order valence-corrected chi connectivity index (χ4v) is 2.46. The van der Waals surface area contributed by atoms with Crippen LogP contribution in [0.3, 0.4) is 0 Å². The Morgan fingerprint density at radius 2 is 2.15 bits per heavy atom. The minimum atomic E-state index is -0.00690. The molecule has 0 amide bonds. The summed E-state index contributed by atoms with van der Waals surface area (Å²) in [4.78, 5) is 0. The fourth-order valence-electron chi connectivity index (χ4n) is 2.46. The van der Waals surface area contributed by atoms with E-state index >= 15 is 0 Å². The van der Waals surface area contributed by atoms with Gasteiger partial charge in [-0.25, -0.2) is 0 Å². The largest absolute Gasteiger partial charge is 0.496 e. The molecule has 3 N–H and O–H groups in total. The highest BCUT2D eigenvalue weighted by molar-refractivity contribution is 5.36. The van der Waals surface area contributed by atoms with Crippen LogP contribution in [-0.2, 0) is 13.0 Å². The summed E-state index contributed by atoms with van der Waals surface area (Å²) in [6.45, 7) is 4.94. The second-order valence-electron chi connectivity index (χ2n) is 4.76. The molecule has 0 saturated carbocycles. The van der Waals surface area contributed by atoms with Gasteiger partial charge in [0.15, 0.2) is 0 Å². The molecule has 5 heteroatoms. The van der Waals surface area contributed by atoms with Gasteiger partial charge in [0, 0.05) is 24.2 Å². The molecule has 0 spiro atoms. The van der Waals surface area contributed by atoms with Gasteiger partial charge in [-0.15, -0.1) is 0 Å². The predicted octanol–water partition coefficient (Wildman–Crippen LogP) is 1.97. The van der Waals surface area contributed by atoms with Crippen LogP contribution in [0.1, 0.15) is 29.9 Å². The molecule has 0 aliphatic rings. The molecule has 2 rings (SSSR count). The van der Waals surface area contributed by atoms with Crippen molar-refractivity contribution in [1.29, 1.82) is 0 Å². The second-order valence-corrected chi connectivity index (χ2v) is 4.76. The number of hydrazine groups is 1. The third kappa shape index (κ3) is 3.00. The van der Waals surface area contributed by atoms with Crippen molar-refractivity contribution in [3.05, 3.63) is 47.3 Å². The van der Waals surface area contributed by atoms with E-state index in [9.17, 15) is 0 Å². The first-order chi connectivity index (χ1) is 9.69. The van der Waals surface area contributed by atoms with Crippen LogP contribution in [-0.4, -0.2) is 16.9 Å². The summed E-state index contributed by atoms with van der Waals surface area (Å²) in [7, 11) is 1.67. The number of ether oxygens (including phenoxy) is 1. The van der Waals surface area contributed by atoms with Gasteiger partial charge in [-0.05, 0) is 26.0 Å². The van der Waals surface area contributed by atoms with E-state index in [4.69, 9.17) is 10.6 Å². The number of nitrogens with two attached hydrogens (primary N) is 1. The molecule has 20 heavy (non-hydrogen) atoms. The number of hydrogen-bond donors (Lipinski definition) is 2. The van der Waals surface area contributed by atoms with E-state index in [0.29, 0.717) is 0 Å². The maximum absolute atomic E-state index is 5.74. The molecule has 0 bridgehead atoms. The highest BCUT2D eigenvalue weighted by Gasteiger charge is 2.17. The maximum Gasteiger partial charge on any atom is 0.123 e. The van der Waals surface area contributed by atoms with E-state index < -0.39 is 0 Å². The zero-order valence-corrected chi connectivity index (χ0v) is 12.3. The number of benzene rings is 1. The van der Waals surface area contributed by atoms with Gasteiger partial charge in [-0.1, -0.05) is 18.2 Å². The molecule has 1 heterocycles. The van der Waals surface area contributed by atoms with E-state index in [0.717, 1.165) is 30.0 Å². The third-order valence-corrected chi connectivity index (χ3v) is 3.41. The number of rotatable bonds is 6. The average molecular weight is 274 g/mol. The van der Waals surface area contributed by atoms with Crippen molar-refractivity contribution < 1.29 is 4.74 Å². The van der Waals surface area contributed by atoms with Gasteiger partial charge < -0.3 is 4.74 Å². The molecule has 0 aliphatic heterocycles. The summed E-state index contributed by atoms with van der Waals surface area (Å²) in [6, 6.07) is 10.0. The Balaban J connectivity index is 2.28. The van der Waals surface area contributed by atoms with E-state index in [2.05, 4.69) is 23.5 Å². The summed E-state index contributed by atoms with van der Waals surface area (Å²) in [5.41, 5.74) is 6.13. The van der Waals surface area contributed by atoms with E-state index in [1.165, 1.54) is 5.69 Å². The lowest BCUT2D eigenvalue weighted by atomic mass is 10.0. The highest BCUT2D eigenvalue weighted by atomic mass is 16.5. The van der Waals surface area contributed by atoms with Crippen molar-refractivity contribution in [2.45, 2.75) is 32.9 Å². The van der Waals surface area contributed by atoms with Gasteiger partial charge in [0.1, 0.15) is 5.75 Å². The number of methoxy groups -OCH3 is 1. The molecule has 0 fully saturated rings. The van der Waals surface area contributed by atoms with Crippen molar-refractivity contribution >= 4 is 0 Å². The van der Waals surface area contributed by atoms with E-state index in [-0.39, 0.29) is 6.04 Å². The summed E-state index contributed by atoms with van der Waals surface area (Å²) in [5, 5.41) is 4.47. The Kier molecular flexibility index (Phi) is 4.76. The first kappa shape index (κ1) is 14.6. The van der Waals surface area contributed by atoms with Crippen LogP contribution in [0.15, 0.2) is 30.3 Å². The summed E-state index contributed by atoms with van der Waals surface area (Å²) < 4.78 is 7.42. The molecule has 1 aromatic carbocycles. The standard InChI is InChI=1S/C15H22N4O/c1-4-19-12(9-11(2)18-19)10-14(17-16)13-7-5-6-8-15(13)20-3/h5-9,14,17H,4,10,16H2,1-3H3. The Labute approximate surface area is 119 Å². The quantitative estimate of drug-likeness (QED) is 0.624. The van der Waals surface area contributed by atoms with Gasteiger partial charge in [0.25, 0.3) is 0 Å². The zero-order valence-electron chi connectivity index (χ0n) is 12.3. The lowest BCUT2D eigenvalue weighted by Crippen LogP contribution is -2.30. The summed E-state index contributed by atoms with van der Waals surface area (Å²) in [5.74, 6) is 6.58. The topological polar surface area (TPSA) is 65.1 Å². The molecule has 108 valence electrons. The van der Waals surface area contributed by atoms with Crippen LogP contribution in [0.25, 0.3) is 0 Å². The van der Waals surface area contributed by atoms with Gasteiger partial charge in [-0.2, -0.15) is 5.10 Å². The number of para-hydroxylation sites is 1. The van der Waals surface area contributed by atoms with Crippen molar-refractivity contribution in [2.75, 3.05) is 7.11 Å². The van der Waals surface area contributed by atoms with Crippen molar-refractivity contribution in [3.63, 3.8) is 0 Å². The van der Waals surface area contributed by atoms with Crippen LogP contribution < -0.4 is 16.0 Å². The molecule has 1 aromatic heterocycles. The van der Waals surface area contributed by atoms with Crippen LogP contribution in [0, 0.1) is 6.92 Å². The van der Waals surface area contributed by atoms with Crippen molar-refractivity contribution in [1.82, 2.24) is 15.2 Å². The molecule has 2 aromatic rings. The first-order valence-corrected chi connectivity index (χ1v) is 6.82. The average Bonchev–Trinajstić information content (AvgIpc) is 2.84. The molecular formula is C15H22N4O. The van der Waals surface area contributed by atoms with Gasteiger partial charge in [-0.3, -0.25) is 16.0 Å². The lowest BCUT2D eigenvalue weighted by molar-refractivity contribution is 0.397. The number of hydrogen-bond acceptors (Lipinski definition) is 4. The Hall–Kier alpha value is -1.85. The van der Waals surface area contributed by atoms with Gasteiger partial charge in [0.05, 0.1) is 18.8 Å². The van der Waals surface area contributed by atoms with Crippen LogP contribution in [0.5, 0.6) is 5.75 Å². The van der Waals surface area contributed by atoms with Crippen LogP contribution in [0.2, 0.25) is 0 Å².